The summed E-state index contributed by atoms with van der Waals surface area (Å²) in [5.41, 5.74) is -3.40. The van der Waals surface area contributed by atoms with Crippen molar-refractivity contribution in [3.8, 4) is 5.69 Å². The average Bonchev–Trinajstić information content (AvgIpc) is 3.29. The Morgan fingerprint density at radius 1 is 0.939 bits per heavy atom. The standard InChI is InChI=1S/C24H17F4N3O2/c1-30-13-18(17-4-2-3-5-20(17)30)23(33,24(26,27)28)14-6-11-21-19(12-14)29-22(32)31(21)16-9-7-15(25)8-10-16/h2-13,33H,1H3,(H,29,32). The molecule has 1 unspecified atom stereocenters. The zero-order chi connectivity index (χ0) is 23.5. The molecule has 0 radical (unpaired) electrons. The Morgan fingerprint density at radius 3 is 2.33 bits per heavy atom. The number of rotatable bonds is 3. The van der Waals surface area contributed by atoms with Gasteiger partial charge in [-0.25, -0.2) is 9.18 Å². The van der Waals surface area contributed by atoms with Crippen LogP contribution in [0.3, 0.4) is 0 Å². The van der Waals surface area contributed by atoms with Crippen LogP contribution >= 0.6 is 0 Å². The molecule has 3 aromatic carbocycles. The number of para-hydroxylation sites is 1. The van der Waals surface area contributed by atoms with Gasteiger partial charge in [0, 0.05) is 29.7 Å². The predicted octanol–water partition coefficient (Wildman–Crippen LogP) is 4.75. The van der Waals surface area contributed by atoms with Crippen molar-refractivity contribution in [3.63, 3.8) is 0 Å². The summed E-state index contributed by atoms with van der Waals surface area (Å²) in [5.74, 6) is -0.487. The van der Waals surface area contributed by atoms with Crippen LogP contribution in [0.4, 0.5) is 17.6 Å². The van der Waals surface area contributed by atoms with Gasteiger partial charge < -0.3 is 14.7 Å². The van der Waals surface area contributed by atoms with Gasteiger partial charge in [-0.1, -0.05) is 24.3 Å². The number of aromatic nitrogens is 3. The number of benzene rings is 3. The van der Waals surface area contributed by atoms with Crippen molar-refractivity contribution in [2.24, 2.45) is 7.05 Å². The van der Waals surface area contributed by atoms with Gasteiger partial charge in [0.05, 0.1) is 16.7 Å². The molecule has 5 nitrogen and oxygen atoms in total. The van der Waals surface area contributed by atoms with Gasteiger partial charge in [-0.2, -0.15) is 13.2 Å². The Kier molecular flexibility index (Phi) is 4.51. The van der Waals surface area contributed by atoms with Gasteiger partial charge in [0.25, 0.3) is 0 Å². The van der Waals surface area contributed by atoms with Gasteiger partial charge in [0.1, 0.15) is 5.82 Å². The van der Waals surface area contributed by atoms with E-state index in [0.29, 0.717) is 11.2 Å². The van der Waals surface area contributed by atoms with Crippen LogP contribution in [-0.2, 0) is 12.6 Å². The van der Waals surface area contributed by atoms with Gasteiger partial charge in [-0.3, -0.25) is 4.57 Å². The maximum atomic E-state index is 14.4. The van der Waals surface area contributed by atoms with E-state index in [9.17, 15) is 27.5 Å². The molecule has 0 fully saturated rings. The Hall–Kier alpha value is -3.85. The average molecular weight is 455 g/mol. The second-order valence-electron chi connectivity index (χ2n) is 7.85. The van der Waals surface area contributed by atoms with E-state index in [1.54, 1.807) is 25.2 Å². The monoisotopic (exact) mass is 455 g/mol. The molecule has 0 aliphatic heterocycles. The van der Waals surface area contributed by atoms with E-state index in [4.69, 9.17) is 0 Å². The Morgan fingerprint density at radius 2 is 1.64 bits per heavy atom. The Balaban J connectivity index is 1.75. The lowest BCUT2D eigenvalue weighted by molar-refractivity contribution is -0.247. The number of aliphatic hydroxyl groups is 1. The molecule has 0 aliphatic rings. The number of imidazole rings is 1. The topological polar surface area (TPSA) is 63.0 Å². The minimum Gasteiger partial charge on any atom is -0.372 e. The van der Waals surface area contributed by atoms with Crippen molar-refractivity contribution in [2.45, 2.75) is 11.8 Å². The molecular weight excluding hydrogens is 438 g/mol. The summed E-state index contributed by atoms with van der Waals surface area (Å²) in [6, 6.07) is 15.2. The van der Waals surface area contributed by atoms with E-state index in [1.807, 2.05) is 0 Å². The highest BCUT2D eigenvalue weighted by molar-refractivity contribution is 5.86. The molecule has 0 bridgehead atoms. The molecule has 5 rings (SSSR count). The van der Waals surface area contributed by atoms with Crippen molar-refractivity contribution >= 4 is 21.9 Å². The Bertz CT molecular complexity index is 1560. The number of nitrogens with one attached hydrogen (secondary N) is 1. The van der Waals surface area contributed by atoms with Crippen LogP contribution in [0.25, 0.3) is 27.6 Å². The third-order valence-electron chi connectivity index (χ3n) is 5.88. The fraction of sp³-hybridized carbons (Fsp3) is 0.125. The highest BCUT2D eigenvalue weighted by Crippen LogP contribution is 2.47. The number of hydrogen-bond donors (Lipinski definition) is 2. The maximum absolute atomic E-state index is 14.4. The minimum atomic E-state index is -5.05. The molecule has 0 amide bonds. The lowest BCUT2D eigenvalue weighted by Gasteiger charge is -2.31. The molecule has 0 saturated carbocycles. The third kappa shape index (κ3) is 3.07. The van der Waals surface area contributed by atoms with Crippen molar-refractivity contribution in [2.75, 3.05) is 0 Å². The van der Waals surface area contributed by atoms with Crippen LogP contribution in [0.5, 0.6) is 0 Å². The molecule has 2 aromatic heterocycles. The number of H-pyrrole nitrogens is 1. The van der Waals surface area contributed by atoms with E-state index in [1.165, 1.54) is 51.7 Å². The molecular formula is C24H17F4N3O2. The second kappa shape index (κ2) is 7.08. The molecule has 9 heteroatoms. The van der Waals surface area contributed by atoms with Gasteiger partial charge in [0.2, 0.25) is 5.60 Å². The van der Waals surface area contributed by atoms with E-state index < -0.39 is 28.8 Å². The quantitative estimate of drug-likeness (QED) is 0.386. The summed E-state index contributed by atoms with van der Waals surface area (Å²) >= 11 is 0. The lowest BCUT2D eigenvalue weighted by atomic mass is 9.85. The molecule has 168 valence electrons. The van der Waals surface area contributed by atoms with E-state index in [-0.39, 0.29) is 22.0 Å². The summed E-state index contributed by atoms with van der Waals surface area (Å²) in [6.07, 6.45) is -3.79. The van der Waals surface area contributed by atoms with Crippen LogP contribution in [0.2, 0.25) is 0 Å². The number of halogens is 4. The first-order valence-electron chi connectivity index (χ1n) is 9.96. The van der Waals surface area contributed by atoms with Crippen LogP contribution in [0, 0.1) is 5.82 Å². The number of nitrogens with zero attached hydrogens (tertiary/aromatic N) is 2. The second-order valence-corrected chi connectivity index (χ2v) is 7.85. The number of hydrogen-bond acceptors (Lipinski definition) is 2. The third-order valence-corrected chi connectivity index (χ3v) is 5.88. The zero-order valence-electron chi connectivity index (χ0n) is 17.2. The zero-order valence-corrected chi connectivity index (χ0v) is 17.2. The molecule has 0 spiro atoms. The SMILES string of the molecule is Cn1cc(C(O)(c2ccc3c(c2)[nH]c(=O)n3-c2ccc(F)cc2)C(F)(F)F)c2ccccc21. The molecule has 1 atom stereocenters. The summed E-state index contributed by atoms with van der Waals surface area (Å²) < 4.78 is 59.3. The van der Waals surface area contributed by atoms with E-state index in [0.717, 1.165) is 12.1 Å². The molecule has 33 heavy (non-hydrogen) atoms. The smallest absolute Gasteiger partial charge is 0.372 e. The maximum Gasteiger partial charge on any atom is 0.425 e. The largest absolute Gasteiger partial charge is 0.425 e. The highest BCUT2D eigenvalue weighted by atomic mass is 19.4. The van der Waals surface area contributed by atoms with Gasteiger partial charge in [-0.05, 0) is 48.0 Å². The molecule has 2 heterocycles. The van der Waals surface area contributed by atoms with Gasteiger partial charge >= 0.3 is 11.9 Å². The highest BCUT2D eigenvalue weighted by Gasteiger charge is 2.57. The van der Waals surface area contributed by atoms with Gasteiger partial charge in [-0.15, -0.1) is 0 Å². The van der Waals surface area contributed by atoms with Crippen LogP contribution in [-0.4, -0.2) is 25.4 Å². The first kappa shape index (κ1) is 21.0. The van der Waals surface area contributed by atoms with Crippen LogP contribution in [0.1, 0.15) is 11.1 Å². The fourth-order valence-corrected chi connectivity index (χ4v) is 4.29. The predicted molar refractivity (Wildman–Crippen MR) is 116 cm³/mol. The molecule has 0 saturated heterocycles. The van der Waals surface area contributed by atoms with Crippen molar-refractivity contribution in [1.29, 1.82) is 0 Å². The van der Waals surface area contributed by atoms with Crippen molar-refractivity contribution in [1.82, 2.24) is 14.1 Å². The van der Waals surface area contributed by atoms with E-state index >= 15 is 0 Å². The minimum absolute atomic E-state index is 0.102. The number of fused-ring (bicyclic) bond motifs is 2. The first-order valence-corrected chi connectivity index (χ1v) is 9.96. The Labute approximate surface area is 184 Å². The summed E-state index contributed by atoms with van der Waals surface area (Å²) in [7, 11) is 1.60. The summed E-state index contributed by atoms with van der Waals surface area (Å²) in [5, 5.41) is 11.5. The molecule has 5 aromatic rings. The fourth-order valence-electron chi connectivity index (χ4n) is 4.29. The summed E-state index contributed by atoms with van der Waals surface area (Å²) in [6.45, 7) is 0. The molecule has 2 N–H and O–H groups in total. The summed E-state index contributed by atoms with van der Waals surface area (Å²) in [4.78, 5) is 15.1. The lowest BCUT2D eigenvalue weighted by Crippen LogP contribution is -2.43. The molecule has 0 aliphatic carbocycles. The number of alkyl halides is 3. The number of aromatic amines is 1. The van der Waals surface area contributed by atoms with Crippen LogP contribution in [0.15, 0.2) is 77.7 Å². The number of aryl methyl sites for hydroxylation is 1. The van der Waals surface area contributed by atoms with E-state index in [2.05, 4.69) is 4.98 Å². The van der Waals surface area contributed by atoms with Crippen molar-refractivity contribution < 1.29 is 22.7 Å². The van der Waals surface area contributed by atoms with Gasteiger partial charge in [0.15, 0.2) is 0 Å². The van der Waals surface area contributed by atoms with Crippen molar-refractivity contribution in [3.05, 3.63) is 100 Å². The van der Waals surface area contributed by atoms with Crippen LogP contribution < -0.4 is 5.69 Å². The normalized spacial score (nSPS) is 14.1. The first-order chi connectivity index (χ1) is 15.6.